The summed E-state index contributed by atoms with van der Waals surface area (Å²) in [6.07, 6.45) is 2.28. The van der Waals surface area contributed by atoms with Crippen LogP contribution in [0.1, 0.15) is 46.8 Å². The Morgan fingerprint density at radius 1 is 1.48 bits per heavy atom. The first-order valence-electron chi connectivity index (χ1n) is 8.36. The molecule has 0 saturated heterocycles. The number of aromatic hydroxyl groups is 1. The Morgan fingerprint density at radius 3 is 2.67 bits per heavy atom. The van der Waals surface area contributed by atoms with Crippen molar-refractivity contribution in [2.24, 2.45) is 0 Å². The van der Waals surface area contributed by atoms with Crippen LogP contribution in [0.4, 0.5) is 0 Å². The maximum atomic E-state index is 11.9. The summed E-state index contributed by atoms with van der Waals surface area (Å²) in [5, 5.41) is 19.6. The van der Waals surface area contributed by atoms with E-state index in [2.05, 4.69) is 0 Å². The van der Waals surface area contributed by atoms with Gasteiger partial charge in [0, 0.05) is 11.1 Å². The topological polar surface area (TPSA) is 137 Å². The smallest absolute Gasteiger partial charge is 0.342 e. The van der Waals surface area contributed by atoms with Crippen molar-refractivity contribution in [3.8, 4) is 17.6 Å². The van der Waals surface area contributed by atoms with Crippen molar-refractivity contribution >= 4 is 13.6 Å². The van der Waals surface area contributed by atoms with E-state index in [4.69, 9.17) is 14.7 Å². The zero-order valence-corrected chi connectivity index (χ0v) is 16.2. The Hall–Kier alpha value is -2.33. The predicted octanol–water partition coefficient (Wildman–Crippen LogP) is 2.72. The normalized spacial score (nSPS) is 15.1. The number of nitriles is 1. The number of phenolic OH excluding ortho intramolecular Hbond substituents is 1. The van der Waals surface area contributed by atoms with E-state index in [1.165, 1.54) is 7.11 Å². The van der Waals surface area contributed by atoms with Crippen LogP contribution in [0, 0.1) is 18.3 Å². The van der Waals surface area contributed by atoms with E-state index in [0.717, 1.165) is 0 Å². The molecule has 0 aliphatic carbocycles. The highest BCUT2D eigenvalue weighted by Crippen LogP contribution is 2.45. The first-order chi connectivity index (χ1) is 12.6. The summed E-state index contributed by atoms with van der Waals surface area (Å²) >= 11 is 0. The van der Waals surface area contributed by atoms with Crippen molar-refractivity contribution in [3.05, 3.63) is 33.9 Å². The fraction of sp³-hybridized carbons (Fsp3) is 0.444. The third-order valence-electron chi connectivity index (χ3n) is 4.71. The molecule has 0 saturated carbocycles. The Bertz CT molecular complexity index is 879. The molecule has 1 unspecified atom stereocenters. The second kappa shape index (κ2) is 8.13. The van der Waals surface area contributed by atoms with E-state index in [0.29, 0.717) is 34.4 Å². The summed E-state index contributed by atoms with van der Waals surface area (Å²) in [5.41, 5.74) is 1.04. The average molecular weight is 395 g/mol. The molecule has 3 N–H and O–H groups in total. The Kier molecular flexibility index (Phi) is 6.32. The molecule has 146 valence electrons. The van der Waals surface area contributed by atoms with Gasteiger partial charge in [0.15, 0.2) is 5.66 Å². The fourth-order valence-corrected chi connectivity index (χ4v) is 3.76. The SMILES string of the molecule is CCC(=CCc1c(O)c2c(c(C)c1OC)COC2=O)CC(C#N)P(=O)(O)O. The minimum atomic E-state index is -4.53. The predicted molar refractivity (Wildman–Crippen MR) is 96.7 cm³/mol. The Balaban J connectivity index is 2.42. The number of carbonyl (C=O) groups is 1. The van der Waals surface area contributed by atoms with Crippen molar-refractivity contribution in [2.45, 2.75) is 45.4 Å². The number of methoxy groups -OCH3 is 1. The number of allylic oxidation sites excluding steroid dienone is 2. The number of hydrogen-bond donors (Lipinski definition) is 3. The van der Waals surface area contributed by atoms with Crippen LogP contribution in [0.2, 0.25) is 0 Å². The van der Waals surface area contributed by atoms with Gasteiger partial charge in [0.1, 0.15) is 23.7 Å². The highest BCUT2D eigenvalue weighted by Gasteiger charge is 2.32. The van der Waals surface area contributed by atoms with Gasteiger partial charge in [-0.05, 0) is 31.7 Å². The maximum Gasteiger partial charge on any atom is 0.342 e. The molecule has 1 aliphatic rings. The quantitative estimate of drug-likeness (QED) is 0.364. The lowest BCUT2D eigenvalue weighted by Crippen LogP contribution is -2.07. The van der Waals surface area contributed by atoms with Crippen LogP contribution in [0.25, 0.3) is 0 Å². The van der Waals surface area contributed by atoms with E-state index >= 15 is 0 Å². The number of rotatable bonds is 7. The zero-order valence-electron chi connectivity index (χ0n) is 15.4. The van der Waals surface area contributed by atoms with Crippen LogP contribution < -0.4 is 4.74 Å². The van der Waals surface area contributed by atoms with Crippen molar-refractivity contribution in [2.75, 3.05) is 7.11 Å². The summed E-state index contributed by atoms with van der Waals surface area (Å²) in [6.45, 7) is 3.65. The first kappa shape index (κ1) is 21.0. The second-order valence-electron chi connectivity index (χ2n) is 6.27. The van der Waals surface area contributed by atoms with E-state index in [1.54, 1.807) is 19.1 Å². The number of hydrogen-bond acceptors (Lipinski definition) is 6. The van der Waals surface area contributed by atoms with E-state index < -0.39 is 19.2 Å². The van der Waals surface area contributed by atoms with Gasteiger partial charge in [0.25, 0.3) is 0 Å². The van der Waals surface area contributed by atoms with Gasteiger partial charge in [0.2, 0.25) is 0 Å². The first-order valence-corrected chi connectivity index (χ1v) is 10.0. The van der Waals surface area contributed by atoms with E-state index in [9.17, 15) is 24.3 Å². The Morgan fingerprint density at radius 2 is 2.15 bits per heavy atom. The van der Waals surface area contributed by atoms with Gasteiger partial charge in [-0.1, -0.05) is 18.6 Å². The molecule has 0 spiro atoms. The third kappa shape index (κ3) is 4.16. The van der Waals surface area contributed by atoms with Crippen LogP contribution in [0.5, 0.6) is 11.5 Å². The summed E-state index contributed by atoms with van der Waals surface area (Å²) in [7, 11) is -3.07. The van der Waals surface area contributed by atoms with E-state index in [-0.39, 0.29) is 30.8 Å². The molecule has 1 aromatic carbocycles. The molecule has 1 atom stereocenters. The van der Waals surface area contributed by atoms with Gasteiger partial charge in [-0.3, -0.25) is 4.57 Å². The number of ether oxygens (including phenoxy) is 2. The largest absolute Gasteiger partial charge is 0.507 e. The lowest BCUT2D eigenvalue weighted by molar-refractivity contribution is 0.0533. The molecule has 0 radical (unpaired) electrons. The number of carbonyl (C=O) groups excluding carboxylic acids is 1. The zero-order chi connectivity index (χ0) is 20.4. The molecule has 1 heterocycles. The van der Waals surface area contributed by atoms with Gasteiger partial charge >= 0.3 is 13.6 Å². The average Bonchev–Trinajstić information content (AvgIpc) is 3.00. The number of fused-ring (bicyclic) bond motifs is 1. The lowest BCUT2D eigenvalue weighted by atomic mass is 9.94. The molecule has 0 aromatic heterocycles. The minimum Gasteiger partial charge on any atom is -0.507 e. The Labute approximate surface area is 157 Å². The molecule has 8 nitrogen and oxygen atoms in total. The van der Waals surface area contributed by atoms with Crippen LogP contribution in [0.15, 0.2) is 11.6 Å². The van der Waals surface area contributed by atoms with E-state index in [1.807, 2.05) is 6.92 Å². The molecule has 2 rings (SSSR count). The van der Waals surface area contributed by atoms with Crippen LogP contribution in [0.3, 0.4) is 0 Å². The van der Waals surface area contributed by atoms with Gasteiger partial charge in [-0.25, -0.2) is 4.79 Å². The second-order valence-corrected chi connectivity index (χ2v) is 8.07. The van der Waals surface area contributed by atoms with Crippen molar-refractivity contribution in [1.82, 2.24) is 0 Å². The van der Waals surface area contributed by atoms with Crippen molar-refractivity contribution < 1.29 is 33.7 Å². The molecular weight excluding hydrogens is 373 g/mol. The third-order valence-corrected chi connectivity index (χ3v) is 5.82. The molecule has 0 fully saturated rings. The maximum absolute atomic E-state index is 11.9. The van der Waals surface area contributed by atoms with Gasteiger partial charge in [-0.2, -0.15) is 5.26 Å². The van der Waals surface area contributed by atoms with Crippen LogP contribution in [-0.2, 0) is 22.3 Å². The summed E-state index contributed by atoms with van der Waals surface area (Å²) in [5.74, 6) is -0.378. The number of cyclic esters (lactones) is 1. The lowest BCUT2D eigenvalue weighted by Gasteiger charge is -2.16. The molecule has 27 heavy (non-hydrogen) atoms. The summed E-state index contributed by atoms with van der Waals surface area (Å²) in [6, 6.07) is 1.65. The molecular formula is C18H22NO7P. The number of phenols is 1. The highest BCUT2D eigenvalue weighted by molar-refractivity contribution is 7.52. The molecule has 0 bridgehead atoms. The standard InChI is InChI=1S/C18H22NO7P/c1-4-11(7-12(8-19)27(22,23)24)5-6-13-16(20)15-14(9-26-18(15)21)10(2)17(13)25-3/h5,12,20H,4,6-7,9H2,1-3H3,(H2,22,23,24). The van der Waals surface area contributed by atoms with Crippen molar-refractivity contribution in [1.29, 1.82) is 5.26 Å². The van der Waals surface area contributed by atoms with Gasteiger partial charge in [-0.15, -0.1) is 0 Å². The van der Waals surface area contributed by atoms with Crippen LogP contribution in [-0.4, -0.2) is 33.6 Å². The monoisotopic (exact) mass is 395 g/mol. The fourth-order valence-electron chi connectivity index (χ4n) is 3.13. The minimum absolute atomic E-state index is 0.0758. The van der Waals surface area contributed by atoms with Gasteiger partial charge < -0.3 is 24.4 Å². The molecule has 1 aromatic rings. The molecule has 0 amide bonds. The summed E-state index contributed by atoms with van der Waals surface area (Å²) in [4.78, 5) is 30.4. The van der Waals surface area contributed by atoms with Gasteiger partial charge in [0.05, 0.1) is 13.2 Å². The number of benzene rings is 1. The van der Waals surface area contributed by atoms with Crippen molar-refractivity contribution in [3.63, 3.8) is 0 Å². The van der Waals surface area contributed by atoms with Crippen LogP contribution >= 0.6 is 7.60 Å². The highest BCUT2D eigenvalue weighted by atomic mass is 31.2. The number of nitrogens with zero attached hydrogens (tertiary/aromatic N) is 1. The summed E-state index contributed by atoms with van der Waals surface area (Å²) < 4.78 is 21.8. The molecule has 9 heteroatoms. The number of esters is 1. The molecule has 1 aliphatic heterocycles.